The fourth-order valence-corrected chi connectivity index (χ4v) is 3.86. The van der Waals surface area contributed by atoms with Gasteiger partial charge in [0.15, 0.2) is 0 Å². The number of hydrogen-bond donors (Lipinski definition) is 1. The number of amides is 4. The molecule has 2 aromatic carbocycles. The SMILES string of the molecule is Cc1cc(/C=C2\C(=O)NC(=O)N(c3ccccc3)C2=O)c(C)n1-c1ccc(N(C)C)cc1. The van der Waals surface area contributed by atoms with Crippen LogP contribution < -0.4 is 15.1 Å². The van der Waals surface area contributed by atoms with Crippen LogP contribution in [0.1, 0.15) is 17.0 Å². The third-order valence-electron chi connectivity index (χ3n) is 5.51. The summed E-state index contributed by atoms with van der Waals surface area (Å²) in [5.74, 6) is -1.35. The lowest BCUT2D eigenvalue weighted by Gasteiger charge is -2.26. The van der Waals surface area contributed by atoms with Gasteiger partial charge in [-0.3, -0.25) is 14.9 Å². The molecular formula is C25H24N4O3. The van der Waals surface area contributed by atoms with E-state index in [-0.39, 0.29) is 5.57 Å². The first kappa shape index (κ1) is 21.1. The lowest BCUT2D eigenvalue weighted by atomic mass is 10.1. The normalized spacial score (nSPS) is 15.3. The van der Waals surface area contributed by atoms with Gasteiger partial charge < -0.3 is 9.47 Å². The summed E-state index contributed by atoms with van der Waals surface area (Å²) in [6.45, 7) is 3.90. The zero-order valence-electron chi connectivity index (χ0n) is 18.4. The molecule has 0 radical (unpaired) electrons. The van der Waals surface area contributed by atoms with Gasteiger partial charge in [0.1, 0.15) is 5.57 Å². The Labute approximate surface area is 186 Å². The molecule has 1 aliphatic heterocycles. The van der Waals surface area contributed by atoms with Crippen LogP contribution in [0.25, 0.3) is 11.8 Å². The second kappa shape index (κ2) is 8.19. The van der Waals surface area contributed by atoms with Crippen molar-refractivity contribution in [2.75, 3.05) is 23.9 Å². The Kier molecular flexibility index (Phi) is 5.40. The average molecular weight is 428 g/mol. The number of aryl methyl sites for hydroxylation is 1. The van der Waals surface area contributed by atoms with Crippen molar-refractivity contribution in [3.05, 3.63) is 83.2 Å². The van der Waals surface area contributed by atoms with Gasteiger partial charge in [0.25, 0.3) is 11.8 Å². The molecule has 3 aromatic rings. The maximum Gasteiger partial charge on any atom is 0.335 e. The van der Waals surface area contributed by atoms with Crippen molar-refractivity contribution >= 4 is 35.3 Å². The zero-order valence-corrected chi connectivity index (χ0v) is 18.4. The number of para-hydroxylation sites is 1. The van der Waals surface area contributed by atoms with Gasteiger partial charge in [0.05, 0.1) is 5.69 Å². The molecule has 32 heavy (non-hydrogen) atoms. The number of carbonyl (C=O) groups excluding carboxylic acids is 3. The Morgan fingerprint density at radius 1 is 0.875 bits per heavy atom. The smallest absolute Gasteiger partial charge is 0.335 e. The van der Waals surface area contributed by atoms with Crippen LogP contribution in [0, 0.1) is 13.8 Å². The minimum Gasteiger partial charge on any atom is -0.378 e. The molecule has 0 spiro atoms. The topological polar surface area (TPSA) is 74.6 Å². The van der Waals surface area contributed by atoms with Crippen LogP contribution in [-0.4, -0.2) is 36.5 Å². The first-order chi connectivity index (χ1) is 15.3. The summed E-state index contributed by atoms with van der Waals surface area (Å²) in [7, 11) is 3.97. The predicted octanol–water partition coefficient (Wildman–Crippen LogP) is 3.83. The van der Waals surface area contributed by atoms with Crippen LogP contribution in [0.3, 0.4) is 0 Å². The van der Waals surface area contributed by atoms with Crippen molar-refractivity contribution < 1.29 is 14.4 Å². The van der Waals surface area contributed by atoms with E-state index < -0.39 is 17.8 Å². The molecule has 1 fully saturated rings. The van der Waals surface area contributed by atoms with E-state index in [1.54, 1.807) is 36.4 Å². The lowest BCUT2D eigenvalue weighted by molar-refractivity contribution is -0.122. The molecule has 1 aromatic heterocycles. The minimum atomic E-state index is -0.755. The molecule has 1 aliphatic rings. The maximum atomic E-state index is 13.1. The number of nitrogens with one attached hydrogen (secondary N) is 1. The Hall–Kier alpha value is -4.13. The summed E-state index contributed by atoms with van der Waals surface area (Å²) in [4.78, 5) is 40.9. The lowest BCUT2D eigenvalue weighted by Crippen LogP contribution is -2.54. The third-order valence-corrected chi connectivity index (χ3v) is 5.51. The molecule has 4 amide bonds. The van der Waals surface area contributed by atoms with Crippen molar-refractivity contribution in [2.24, 2.45) is 0 Å². The molecule has 2 heterocycles. The van der Waals surface area contributed by atoms with E-state index in [4.69, 9.17) is 0 Å². The fraction of sp³-hybridized carbons (Fsp3) is 0.160. The number of urea groups is 1. The molecule has 4 rings (SSSR count). The monoisotopic (exact) mass is 428 g/mol. The highest BCUT2D eigenvalue weighted by Gasteiger charge is 2.36. The largest absolute Gasteiger partial charge is 0.378 e. The number of carbonyl (C=O) groups is 3. The highest BCUT2D eigenvalue weighted by atomic mass is 16.2. The number of nitrogens with zero attached hydrogens (tertiary/aromatic N) is 3. The van der Waals surface area contributed by atoms with E-state index in [1.165, 1.54) is 0 Å². The zero-order chi connectivity index (χ0) is 23.0. The number of rotatable bonds is 4. The molecule has 1 saturated heterocycles. The highest BCUT2D eigenvalue weighted by molar-refractivity contribution is 6.39. The number of benzene rings is 2. The Morgan fingerprint density at radius 2 is 1.53 bits per heavy atom. The van der Waals surface area contributed by atoms with Crippen molar-refractivity contribution in [1.82, 2.24) is 9.88 Å². The van der Waals surface area contributed by atoms with E-state index in [0.29, 0.717) is 5.69 Å². The summed E-state index contributed by atoms with van der Waals surface area (Å²) < 4.78 is 2.07. The van der Waals surface area contributed by atoms with E-state index in [0.717, 1.165) is 33.2 Å². The number of aromatic nitrogens is 1. The quantitative estimate of drug-likeness (QED) is 0.506. The first-order valence-electron chi connectivity index (χ1n) is 10.2. The number of anilines is 2. The molecule has 1 N–H and O–H groups in total. The van der Waals surface area contributed by atoms with E-state index in [1.807, 2.05) is 63.2 Å². The van der Waals surface area contributed by atoms with Crippen LogP contribution in [0.2, 0.25) is 0 Å². The van der Waals surface area contributed by atoms with E-state index >= 15 is 0 Å². The van der Waals surface area contributed by atoms with Crippen molar-refractivity contribution in [3.8, 4) is 5.69 Å². The Bertz CT molecular complexity index is 1240. The maximum absolute atomic E-state index is 13.1. The van der Waals surface area contributed by atoms with Crippen LogP contribution >= 0.6 is 0 Å². The van der Waals surface area contributed by atoms with Crippen LogP contribution in [0.15, 0.2) is 66.2 Å². The van der Waals surface area contributed by atoms with Gasteiger partial charge in [-0.25, -0.2) is 9.69 Å². The summed E-state index contributed by atoms with van der Waals surface area (Å²) in [5.41, 5.74) is 4.98. The minimum absolute atomic E-state index is 0.0864. The molecule has 0 aliphatic carbocycles. The summed E-state index contributed by atoms with van der Waals surface area (Å²) in [5, 5.41) is 2.27. The molecule has 162 valence electrons. The standard InChI is InChI=1S/C25H24N4O3/c1-16-14-18(17(2)28(16)21-12-10-19(11-13-21)27(3)4)15-22-23(30)26-25(32)29(24(22)31)20-8-6-5-7-9-20/h5-15H,1-4H3,(H,26,30,32)/b22-15+. The van der Waals surface area contributed by atoms with E-state index in [2.05, 4.69) is 9.88 Å². The van der Waals surface area contributed by atoms with Crippen LogP contribution in [-0.2, 0) is 9.59 Å². The van der Waals surface area contributed by atoms with Crippen molar-refractivity contribution in [1.29, 1.82) is 0 Å². The predicted molar refractivity (Wildman–Crippen MR) is 125 cm³/mol. The van der Waals surface area contributed by atoms with Crippen molar-refractivity contribution in [2.45, 2.75) is 13.8 Å². The highest BCUT2D eigenvalue weighted by Crippen LogP contribution is 2.26. The molecule has 7 nitrogen and oxygen atoms in total. The first-order valence-corrected chi connectivity index (χ1v) is 10.2. The average Bonchev–Trinajstić information content (AvgIpc) is 3.04. The van der Waals surface area contributed by atoms with Gasteiger partial charge in [-0.1, -0.05) is 18.2 Å². The second-order valence-corrected chi connectivity index (χ2v) is 7.87. The summed E-state index contributed by atoms with van der Waals surface area (Å²) in [6, 6.07) is 17.8. The molecular weight excluding hydrogens is 404 g/mol. The van der Waals surface area contributed by atoms with Gasteiger partial charge in [-0.05, 0) is 68.0 Å². The Balaban J connectivity index is 1.73. The summed E-state index contributed by atoms with van der Waals surface area (Å²) in [6.07, 6.45) is 1.55. The number of barbiturate groups is 1. The fourth-order valence-electron chi connectivity index (χ4n) is 3.86. The molecule has 0 unspecified atom stereocenters. The van der Waals surface area contributed by atoms with Crippen LogP contribution in [0.4, 0.5) is 16.2 Å². The van der Waals surface area contributed by atoms with Gasteiger partial charge >= 0.3 is 6.03 Å². The van der Waals surface area contributed by atoms with Gasteiger partial charge in [0.2, 0.25) is 0 Å². The second-order valence-electron chi connectivity index (χ2n) is 7.87. The van der Waals surface area contributed by atoms with E-state index in [9.17, 15) is 14.4 Å². The molecule has 0 bridgehead atoms. The third kappa shape index (κ3) is 3.69. The molecule has 0 saturated carbocycles. The number of hydrogen-bond acceptors (Lipinski definition) is 4. The molecule has 0 atom stereocenters. The van der Waals surface area contributed by atoms with Crippen molar-refractivity contribution in [3.63, 3.8) is 0 Å². The molecule has 7 heteroatoms. The van der Waals surface area contributed by atoms with Gasteiger partial charge in [-0.15, -0.1) is 0 Å². The number of imide groups is 2. The Morgan fingerprint density at radius 3 is 2.16 bits per heavy atom. The van der Waals surface area contributed by atoms with Gasteiger partial charge in [0, 0.05) is 36.9 Å². The summed E-state index contributed by atoms with van der Waals surface area (Å²) >= 11 is 0. The van der Waals surface area contributed by atoms with Crippen LogP contribution in [0.5, 0.6) is 0 Å². The van der Waals surface area contributed by atoms with Gasteiger partial charge in [-0.2, -0.15) is 0 Å².